The predicted molar refractivity (Wildman–Crippen MR) is 70.0 cm³/mol. The fourth-order valence-corrected chi connectivity index (χ4v) is 1.62. The molecule has 0 aliphatic heterocycles. The summed E-state index contributed by atoms with van der Waals surface area (Å²) in [6, 6.07) is 3.88. The molecule has 2 rings (SSSR count). The van der Waals surface area contributed by atoms with Gasteiger partial charge in [0.05, 0.1) is 0 Å². The molecule has 0 saturated heterocycles. The Bertz CT molecular complexity index is 538. The van der Waals surface area contributed by atoms with Crippen molar-refractivity contribution >= 4 is 11.9 Å². The maximum atomic E-state index is 11.9. The lowest BCUT2D eigenvalue weighted by Gasteiger charge is -2.16. The molecule has 0 unspecified atom stereocenters. The van der Waals surface area contributed by atoms with Gasteiger partial charge in [-0.2, -0.15) is 0 Å². The summed E-state index contributed by atoms with van der Waals surface area (Å²) in [7, 11) is 1.77. The number of amides is 1. The summed E-state index contributed by atoms with van der Waals surface area (Å²) in [6.07, 6.45) is 5.73. The molecule has 0 aliphatic rings. The Morgan fingerprint density at radius 3 is 2.79 bits per heavy atom. The van der Waals surface area contributed by atoms with Crippen LogP contribution in [0.1, 0.15) is 5.56 Å². The van der Waals surface area contributed by atoms with Gasteiger partial charge in [-0.05, 0) is 24.1 Å². The number of nitrogens with two attached hydrogens (primary N) is 1. The fourth-order valence-electron chi connectivity index (χ4n) is 1.62. The standard InChI is InChI=1S/C12H16N6O/c1-17(7-4-10-2-5-14-6-3-10)11(19)8-18-9-15-12(13)16-18/h2-3,5-6,9H,4,7-8H2,1H3,(H2,13,16). The van der Waals surface area contributed by atoms with Crippen molar-refractivity contribution in [2.45, 2.75) is 13.0 Å². The zero-order chi connectivity index (χ0) is 13.7. The summed E-state index contributed by atoms with van der Waals surface area (Å²) >= 11 is 0. The van der Waals surface area contributed by atoms with Crippen LogP contribution >= 0.6 is 0 Å². The largest absolute Gasteiger partial charge is 0.367 e. The molecule has 2 N–H and O–H groups in total. The number of rotatable bonds is 5. The molecule has 0 radical (unpaired) electrons. The van der Waals surface area contributed by atoms with Crippen molar-refractivity contribution in [2.24, 2.45) is 0 Å². The third-order valence-electron chi connectivity index (χ3n) is 2.76. The fraction of sp³-hybridized carbons (Fsp3) is 0.333. The summed E-state index contributed by atoms with van der Waals surface area (Å²) in [4.78, 5) is 21.3. The number of carbonyl (C=O) groups excluding carboxylic acids is 1. The van der Waals surface area contributed by atoms with Gasteiger partial charge in [0.2, 0.25) is 11.9 Å². The first kappa shape index (κ1) is 13.0. The van der Waals surface area contributed by atoms with E-state index < -0.39 is 0 Å². The second-order valence-electron chi connectivity index (χ2n) is 4.22. The van der Waals surface area contributed by atoms with Crippen molar-refractivity contribution in [2.75, 3.05) is 19.3 Å². The van der Waals surface area contributed by atoms with E-state index in [1.54, 1.807) is 24.3 Å². The molecule has 7 heteroatoms. The number of nitrogen functional groups attached to an aromatic ring is 1. The SMILES string of the molecule is CN(CCc1ccncc1)C(=O)Cn1cnc(N)n1. The van der Waals surface area contributed by atoms with Gasteiger partial charge in [-0.15, -0.1) is 5.10 Å². The molecule has 0 fully saturated rings. The number of nitrogens with zero attached hydrogens (tertiary/aromatic N) is 5. The lowest BCUT2D eigenvalue weighted by Crippen LogP contribution is -2.32. The average Bonchev–Trinajstić information content (AvgIpc) is 2.82. The number of anilines is 1. The highest BCUT2D eigenvalue weighted by molar-refractivity contribution is 5.75. The van der Waals surface area contributed by atoms with Crippen LogP contribution in [0.3, 0.4) is 0 Å². The van der Waals surface area contributed by atoms with Crippen molar-refractivity contribution in [1.82, 2.24) is 24.6 Å². The number of hydrogen-bond acceptors (Lipinski definition) is 5. The predicted octanol–water partition coefficient (Wildman–Crippen LogP) is -0.0436. The minimum atomic E-state index is -0.0287. The topological polar surface area (TPSA) is 89.9 Å². The van der Waals surface area contributed by atoms with Gasteiger partial charge in [0, 0.05) is 26.0 Å². The maximum absolute atomic E-state index is 11.9. The number of hydrogen-bond donors (Lipinski definition) is 1. The number of aromatic nitrogens is 4. The third kappa shape index (κ3) is 3.77. The van der Waals surface area contributed by atoms with Crippen LogP contribution in [0, 0.1) is 0 Å². The van der Waals surface area contributed by atoms with Crippen molar-refractivity contribution < 1.29 is 4.79 Å². The van der Waals surface area contributed by atoms with Gasteiger partial charge in [0.25, 0.3) is 0 Å². The van der Waals surface area contributed by atoms with Crippen LogP contribution in [-0.2, 0) is 17.8 Å². The van der Waals surface area contributed by atoms with Crippen molar-refractivity contribution in [3.63, 3.8) is 0 Å². The van der Waals surface area contributed by atoms with Crippen LogP contribution in [0.25, 0.3) is 0 Å². The summed E-state index contributed by atoms with van der Waals surface area (Å²) in [5.41, 5.74) is 6.54. The molecular formula is C12H16N6O. The molecule has 0 aromatic carbocycles. The highest BCUT2D eigenvalue weighted by atomic mass is 16.2. The summed E-state index contributed by atoms with van der Waals surface area (Å²) in [5, 5.41) is 3.88. The quantitative estimate of drug-likeness (QED) is 0.814. The van der Waals surface area contributed by atoms with Crippen molar-refractivity contribution in [1.29, 1.82) is 0 Å². The molecule has 0 saturated carbocycles. The van der Waals surface area contributed by atoms with Gasteiger partial charge in [-0.1, -0.05) is 0 Å². The van der Waals surface area contributed by atoms with E-state index >= 15 is 0 Å². The van der Waals surface area contributed by atoms with E-state index in [9.17, 15) is 4.79 Å². The second kappa shape index (κ2) is 5.94. The molecule has 2 heterocycles. The number of carbonyl (C=O) groups is 1. The first-order chi connectivity index (χ1) is 9.15. The van der Waals surface area contributed by atoms with Gasteiger partial charge in [0.1, 0.15) is 12.9 Å². The van der Waals surface area contributed by atoms with Crippen molar-refractivity contribution in [3.05, 3.63) is 36.4 Å². The Balaban J connectivity index is 1.82. The minimum absolute atomic E-state index is 0.0287. The third-order valence-corrected chi connectivity index (χ3v) is 2.76. The van der Waals surface area contributed by atoms with E-state index in [2.05, 4.69) is 15.1 Å². The zero-order valence-electron chi connectivity index (χ0n) is 10.7. The molecule has 0 spiro atoms. The Morgan fingerprint density at radius 1 is 1.42 bits per heavy atom. The van der Waals surface area contributed by atoms with Gasteiger partial charge >= 0.3 is 0 Å². The molecule has 2 aromatic rings. The monoisotopic (exact) mass is 260 g/mol. The second-order valence-corrected chi connectivity index (χ2v) is 4.22. The van der Waals surface area contributed by atoms with E-state index in [-0.39, 0.29) is 18.4 Å². The molecule has 2 aromatic heterocycles. The van der Waals surface area contributed by atoms with Crippen LogP contribution in [0.4, 0.5) is 5.95 Å². The van der Waals surface area contributed by atoms with Crippen LogP contribution in [-0.4, -0.2) is 44.1 Å². The molecule has 0 aliphatic carbocycles. The Morgan fingerprint density at radius 2 is 2.16 bits per heavy atom. The van der Waals surface area contributed by atoms with E-state index in [1.165, 1.54) is 11.0 Å². The van der Waals surface area contributed by atoms with Crippen LogP contribution < -0.4 is 5.73 Å². The first-order valence-corrected chi connectivity index (χ1v) is 5.93. The average molecular weight is 260 g/mol. The maximum Gasteiger partial charge on any atom is 0.244 e. The molecule has 0 bridgehead atoms. The van der Waals surface area contributed by atoms with Crippen LogP contribution in [0.2, 0.25) is 0 Å². The molecule has 100 valence electrons. The van der Waals surface area contributed by atoms with Crippen LogP contribution in [0.15, 0.2) is 30.9 Å². The van der Waals surface area contributed by atoms with E-state index in [4.69, 9.17) is 5.73 Å². The number of pyridine rings is 1. The molecular weight excluding hydrogens is 244 g/mol. The van der Waals surface area contributed by atoms with Gasteiger partial charge < -0.3 is 10.6 Å². The highest BCUT2D eigenvalue weighted by Gasteiger charge is 2.10. The number of likely N-dealkylation sites (N-methyl/N-ethyl adjacent to an activating group) is 1. The molecule has 19 heavy (non-hydrogen) atoms. The summed E-state index contributed by atoms with van der Waals surface area (Å²) in [6.45, 7) is 0.796. The Labute approximate surface area is 111 Å². The normalized spacial score (nSPS) is 10.4. The van der Waals surface area contributed by atoms with Gasteiger partial charge in [-0.3, -0.25) is 9.78 Å². The lowest BCUT2D eigenvalue weighted by molar-refractivity contribution is -0.130. The summed E-state index contributed by atoms with van der Waals surface area (Å²) < 4.78 is 1.43. The first-order valence-electron chi connectivity index (χ1n) is 5.93. The molecule has 7 nitrogen and oxygen atoms in total. The Kier molecular flexibility index (Phi) is 4.07. The minimum Gasteiger partial charge on any atom is -0.367 e. The summed E-state index contributed by atoms with van der Waals surface area (Å²) in [5.74, 6) is 0.145. The smallest absolute Gasteiger partial charge is 0.244 e. The van der Waals surface area contributed by atoms with Crippen molar-refractivity contribution in [3.8, 4) is 0 Å². The van der Waals surface area contributed by atoms with E-state index in [1.807, 2.05) is 12.1 Å². The highest BCUT2D eigenvalue weighted by Crippen LogP contribution is 2.00. The van der Waals surface area contributed by atoms with Gasteiger partial charge in [-0.25, -0.2) is 9.67 Å². The molecule has 1 amide bonds. The molecule has 0 atom stereocenters. The van der Waals surface area contributed by atoms with Gasteiger partial charge in [0.15, 0.2) is 0 Å². The zero-order valence-corrected chi connectivity index (χ0v) is 10.7. The Hall–Kier alpha value is -2.44. The van der Waals surface area contributed by atoms with Crippen LogP contribution in [0.5, 0.6) is 0 Å². The van der Waals surface area contributed by atoms with E-state index in [0.717, 1.165) is 12.0 Å². The van der Waals surface area contributed by atoms with E-state index in [0.29, 0.717) is 6.54 Å². The lowest BCUT2D eigenvalue weighted by atomic mass is 10.2.